The minimum atomic E-state index is -0.720. The quantitative estimate of drug-likeness (QED) is 0.447. The van der Waals surface area contributed by atoms with Crippen molar-refractivity contribution in [3.05, 3.63) is 71.8 Å². The number of hydrogen-bond acceptors (Lipinski definition) is 4. The minimum absolute atomic E-state index is 0.224. The average molecular weight is 367 g/mol. The first-order chi connectivity index (χ1) is 13.0. The number of esters is 1. The van der Waals surface area contributed by atoms with Gasteiger partial charge in [-0.1, -0.05) is 74.5 Å². The highest BCUT2D eigenvalue weighted by Gasteiger charge is 2.22. The Morgan fingerprint density at radius 2 is 1.48 bits per heavy atom. The predicted octanol–water partition coefficient (Wildman–Crippen LogP) is 3.33. The second-order valence-corrected chi connectivity index (χ2v) is 6.48. The number of hydrogen-bond donors (Lipinski definition) is 2. The predicted molar refractivity (Wildman–Crippen MR) is 105 cm³/mol. The van der Waals surface area contributed by atoms with Gasteiger partial charge in [0, 0.05) is 11.1 Å². The normalized spacial score (nSPS) is 11.4. The van der Waals surface area contributed by atoms with E-state index in [-0.39, 0.29) is 5.92 Å². The molecule has 0 aliphatic carbocycles. The molecule has 0 bridgehead atoms. The molecule has 0 fully saturated rings. The summed E-state index contributed by atoms with van der Waals surface area (Å²) in [6.45, 7) is 3.94. The minimum Gasteiger partial charge on any atom is -0.467 e. The van der Waals surface area contributed by atoms with Crippen LogP contribution in [-0.2, 0) is 9.53 Å². The van der Waals surface area contributed by atoms with E-state index in [1.54, 1.807) is 0 Å². The van der Waals surface area contributed by atoms with E-state index in [4.69, 9.17) is 4.74 Å². The zero-order valence-electron chi connectivity index (χ0n) is 15.8. The highest BCUT2D eigenvalue weighted by Crippen LogP contribution is 2.10. The SMILES string of the molecule is COC(=O)[C@H](CC(C)C)NC(=O)NN=C(c1ccccc1)c1ccccc1. The van der Waals surface area contributed by atoms with E-state index in [9.17, 15) is 9.59 Å². The average Bonchev–Trinajstić information content (AvgIpc) is 2.68. The van der Waals surface area contributed by atoms with Gasteiger partial charge in [-0.15, -0.1) is 0 Å². The molecular weight excluding hydrogens is 342 g/mol. The van der Waals surface area contributed by atoms with E-state index in [2.05, 4.69) is 15.8 Å². The fourth-order valence-electron chi connectivity index (χ4n) is 2.61. The molecule has 6 heteroatoms. The molecule has 6 nitrogen and oxygen atoms in total. The number of methoxy groups -OCH3 is 1. The number of hydrazone groups is 1. The standard InChI is InChI=1S/C21H25N3O3/c1-15(2)14-18(20(25)27-3)22-21(26)24-23-19(16-10-6-4-7-11-16)17-12-8-5-9-13-17/h4-13,15,18H,14H2,1-3H3,(H2,22,24,26)/t18-/m0/s1. The van der Waals surface area contributed by atoms with Gasteiger partial charge in [0.15, 0.2) is 0 Å². The monoisotopic (exact) mass is 367 g/mol. The number of ether oxygens (including phenoxy) is 1. The summed E-state index contributed by atoms with van der Waals surface area (Å²) >= 11 is 0. The van der Waals surface area contributed by atoms with Crippen LogP contribution in [0.4, 0.5) is 4.79 Å². The molecule has 0 aliphatic rings. The van der Waals surface area contributed by atoms with Gasteiger partial charge in [-0.25, -0.2) is 15.0 Å². The Kier molecular flexibility index (Phi) is 7.55. The summed E-state index contributed by atoms with van der Waals surface area (Å²) in [5.74, 6) is -0.253. The summed E-state index contributed by atoms with van der Waals surface area (Å²) < 4.78 is 4.76. The summed E-state index contributed by atoms with van der Waals surface area (Å²) in [6, 6.07) is 17.9. The highest BCUT2D eigenvalue weighted by atomic mass is 16.5. The van der Waals surface area contributed by atoms with Crippen molar-refractivity contribution in [2.24, 2.45) is 11.0 Å². The number of nitrogens with one attached hydrogen (secondary N) is 2. The third kappa shape index (κ3) is 6.26. The number of carbonyl (C=O) groups excluding carboxylic acids is 2. The van der Waals surface area contributed by atoms with Gasteiger partial charge in [0.2, 0.25) is 0 Å². The van der Waals surface area contributed by atoms with Gasteiger partial charge in [0.1, 0.15) is 6.04 Å². The maximum absolute atomic E-state index is 12.3. The molecule has 2 aromatic rings. The second kappa shape index (κ2) is 10.1. The zero-order chi connectivity index (χ0) is 19.6. The molecule has 0 unspecified atom stereocenters. The Balaban J connectivity index is 2.17. The van der Waals surface area contributed by atoms with E-state index < -0.39 is 18.0 Å². The van der Waals surface area contributed by atoms with Crippen LogP contribution in [0.5, 0.6) is 0 Å². The Morgan fingerprint density at radius 3 is 1.93 bits per heavy atom. The molecule has 0 aliphatic heterocycles. The molecular formula is C21H25N3O3. The van der Waals surface area contributed by atoms with Crippen LogP contribution in [0.2, 0.25) is 0 Å². The molecule has 0 saturated heterocycles. The summed E-state index contributed by atoms with van der Waals surface area (Å²) in [6.07, 6.45) is 0.480. The van der Waals surface area contributed by atoms with Gasteiger partial charge in [-0.3, -0.25) is 0 Å². The molecule has 0 aromatic heterocycles. The number of rotatable bonds is 7. The molecule has 142 valence electrons. The van der Waals surface area contributed by atoms with Gasteiger partial charge >= 0.3 is 12.0 Å². The first-order valence-corrected chi connectivity index (χ1v) is 8.84. The van der Waals surface area contributed by atoms with Crippen LogP contribution in [0.15, 0.2) is 65.8 Å². The van der Waals surface area contributed by atoms with Crippen LogP contribution in [0.1, 0.15) is 31.4 Å². The number of nitrogens with zero attached hydrogens (tertiary/aromatic N) is 1. The topological polar surface area (TPSA) is 79.8 Å². The number of benzene rings is 2. The van der Waals surface area contributed by atoms with Crippen LogP contribution in [0, 0.1) is 5.92 Å². The smallest absolute Gasteiger partial charge is 0.335 e. The molecule has 2 amide bonds. The lowest BCUT2D eigenvalue weighted by Gasteiger charge is -2.18. The van der Waals surface area contributed by atoms with Crippen molar-refractivity contribution in [2.45, 2.75) is 26.3 Å². The molecule has 2 N–H and O–H groups in total. The van der Waals surface area contributed by atoms with Gasteiger partial charge < -0.3 is 10.1 Å². The van der Waals surface area contributed by atoms with E-state index in [0.717, 1.165) is 11.1 Å². The Morgan fingerprint density at radius 1 is 0.963 bits per heavy atom. The van der Waals surface area contributed by atoms with Crippen LogP contribution in [0.25, 0.3) is 0 Å². The number of urea groups is 1. The van der Waals surface area contributed by atoms with Crippen molar-refractivity contribution in [1.82, 2.24) is 10.7 Å². The number of amides is 2. The van der Waals surface area contributed by atoms with Gasteiger partial charge in [-0.2, -0.15) is 5.10 Å². The van der Waals surface area contributed by atoms with Crippen LogP contribution < -0.4 is 10.7 Å². The third-order valence-corrected chi connectivity index (χ3v) is 3.86. The van der Waals surface area contributed by atoms with E-state index in [1.165, 1.54) is 7.11 Å². The largest absolute Gasteiger partial charge is 0.467 e. The first kappa shape index (κ1) is 20.2. The van der Waals surface area contributed by atoms with Crippen molar-refractivity contribution < 1.29 is 14.3 Å². The Hall–Kier alpha value is -3.15. The maximum Gasteiger partial charge on any atom is 0.335 e. The van der Waals surface area contributed by atoms with Crippen molar-refractivity contribution in [3.63, 3.8) is 0 Å². The molecule has 1 atom stereocenters. The number of carbonyl (C=O) groups is 2. The Labute approximate surface area is 159 Å². The van der Waals surface area contributed by atoms with Gasteiger partial charge in [0.05, 0.1) is 12.8 Å². The van der Waals surface area contributed by atoms with Crippen molar-refractivity contribution in [1.29, 1.82) is 0 Å². The van der Waals surface area contributed by atoms with Crippen molar-refractivity contribution in [2.75, 3.05) is 7.11 Å². The van der Waals surface area contributed by atoms with Gasteiger partial charge in [-0.05, 0) is 12.3 Å². The van der Waals surface area contributed by atoms with Crippen LogP contribution in [-0.4, -0.2) is 30.9 Å². The molecule has 0 heterocycles. The van der Waals surface area contributed by atoms with Crippen LogP contribution in [0.3, 0.4) is 0 Å². The third-order valence-electron chi connectivity index (χ3n) is 3.86. The molecule has 2 rings (SSSR count). The van der Waals surface area contributed by atoms with Crippen molar-refractivity contribution >= 4 is 17.7 Å². The zero-order valence-corrected chi connectivity index (χ0v) is 15.8. The molecule has 2 aromatic carbocycles. The summed E-state index contributed by atoms with van der Waals surface area (Å²) in [5.41, 5.74) is 4.86. The lowest BCUT2D eigenvalue weighted by molar-refractivity contribution is -0.143. The van der Waals surface area contributed by atoms with Gasteiger partial charge in [0.25, 0.3) is 0 Å². The Bertz CT molecular complexity index is 732. The van der Waals surface area contributed by atoms with E-state index in [0.29, 0.717) is 12.1 Å². The maximum atomic E-state index is 12.3. The summed E-state index contributed by atoms with van der Waals surface area (Å²) in [7, 11) is 1.30. The molecule has 0 saturated carbocycles. The molecule has 27 heavy (non-hydrogen) atoms. The lowest BCUT2D eigenvalue weighted by Crippen LogP contribution is -2.46. The van der Waals surface area contributed by atoms with E-state index >= 15 is 0 Å². The first-order valence-electron chi connectivity index (χ1n) is 8.84. The van der Waals surface area contributed by atoms with Crippen LogP contribution >= 0.6 is 0 Å². The fourth-order valence-corrected chi connectivity index (χ4v) is 2.61. The summed E-state index contributed by atoms with van der Waals surface area (Å²) in [4.78, 5) is 24.1. The highest BCUT2D eigenvalue weighted by molar-refractivity contribution is 6.13. The van der Waals surface area contributed by atoms with Crippen molar-refractivity contribution in [3.8, 4) is 0 Å². The van der Waals surface area contributed by atoms with E-state index in [1.807, 2.05) is 74.5 Å². The fraction of sp³-hybridized carbons (Fsp3) is 0.286. The second-order valence-electron chi connectivity index (χ2n) is 6.48. The molecule has 0 radical (unpaired) electrons. The lowest BCUT2D eigenvalue weighted by atomic mass is 10.0. The molecule has 0 spiro atoms. The summed E-state index contributed by atoms with van der Waals surface area (Å²) in [5, 5.41) is 6.91.